The molecule has 25 heavy (non-hydrogen) atoms. The largest absolute Gasteiger partial charge is 0.449 e. The first-order chi connectivity index (χ1) is 12.0. The van der Waals surface area contributed by atoms with Gasteiger partial charge in [-0.2, -0.15) is 0 Å². The summed E-state index contributed by atoms with van der Waals surface area (Å²) in [4.78, 5) is 24.3. The molecule has 0 saturated carbocycles. The van der Waals surface area contributed by atoms with Crippen LogP contribution in [0.5, 0.6) is 0 Å². The van der Waals surface area contributed by atoms with Crippen molar-refractivity contribution < 1.29 is 14.3 Å². The minimum Gasteiger partial charge on any atom is -0.449 e. The van der Waals surface area contributed by atoms with Crippen LogP contribution in [0.4, 0.5) is 0 Å². The first kappa shape index (κ1) is 19.0. The van der Waals surface area contributed by atoms with E-state index < -0.39 is 12.1 Å². The van der Waals surface area contributed by atoms with Crippen LogP contribution in [-0.2, 0) is 16.0 Å². The molecule has 5 heteroatoms. The van der Waals surface area contributed by atoms with Crippen LogP contribution in [0, 0.1) is 0 Å². The fourth-order valence-electron chi connectivity index (χ4n) is 2.36. The van der Waals surface area contributed by atoms with Gasteiger partial charge in [0, 0.05) is 6.04 Å². The van der Waals surface area contributed by atoms with Crippen molar-refractivity contribution in [1.29, 1.82) is 0 Å². The number of halogens is 1. The predicted octanol–water partition coefficient (Wildman–Crippen LogP) is 4.02. The van der Waals surface area contributed by atoms with Crippen molar-refractivity contribution in [3.8, 4) is 0 Å². The zero-order chi connectivity index (χ0) is 18.2. The molecule has 1 amide bonds. The number of aryl methyl sites for hydroxylation is 1. The number of rotatable bonds is 7. The van der Waals surface area contributed by atoms with Crippen LogP contribution in [0.25, 0.3) is 0 Å². The topological polar surface area (TPSA) is 55.4 Å². The number of hydrogen-bond acceptors (Lipinski definition) is 3. The molecule has 2 rings (SSSR count). The Bertz CT molecular complexity index is 718. The second-order valence-corrected chi connectivity index (χ2v) is 6.37. The average Bonchev–Trinajstić information content (AvgIpc) is 2.61. The molecule has 1 N–H and O–H groups in total. The monoisotopic (exact) mass is 359 g/mol. The SMILES string of the molecule is C[C@H](CCc1ccccc1)NC(=O)[C@H](C)OC(=O)c1ccccc1Cl. The molecule has 132 valence electrons. The normalized spacial score (nSPS) is 12.9. The third-order valence-electron chi connectivity index (χ3n) is 3.84. The highest BCUT2D eigenvalue weighted by Crippen LogP contribution is 2.16. The maximum Gasteiger partial charge on any atom is 0.340 e. The predicted molar refractivity (Wildman–Crippen MR) is 98.7 cm³/mol. The average molecular weight is 360 g/mol. The third-order valence-corrected chi connectivity index (χ3v) is 4.17. The Morgan fingerprint density at radius 1 is 1.04 bits per heavy atom. The first-order valence-electron chi connectivity index (χ1n) is 8.27. The molecule has 0 aliphatic carbocycles. The van der Waals surface area contributed by atoms with Crippen LogP contribution in [0.3, 0.4) is 0 Å². The van der Waals surface area contributed by atoms with E-state index in [1.165, 1.54) is 5.56 Å². The molecule has 2 atom stereocenters. The van der Waals surface area contributed by atoms with Crippen molar-refractivity contribution in [3.05, 3.63) is 70.7 Å². The Balaban J connectivity index is 1.81. The lowest BCUT2D eigenvalue weighted by Crippen LogP contribution is -2.41. The van der Waals surface area contributed by atoms with E-state index in [1.807, 2.05) is 25.1 Å². The van der Waals surface area contributed by atoms with E-state index >= 15 is 0 Å². The van der Waals surface area contributed by atoms with Crippen molar-refractivity contribution in [2.75, 3.05) is 0 Å². The molecule has 0 aromatic heterocycles. The summed E-state index contributed by atoms with van der Waals surface area (Å²) in [5.41, 5.74) is 1.47. The molecule has 2 aromatic rings. The molecule has 0 bridgehead atoms. The van der Waals surface area contributed by atoms with Gasteiger partial charge in [-0.25, -0.2) is 4.79 Å². The van der Waals surface area contributed by atoms with Gasteiger partial charge in [-0.3, -0.25) is 4.79 Å². The van der Waals surface area contributed by atoms with E-state index in [9.17, 15) is 9.59 Å². The number of carbonyl (C=O) groups excluding carboxylic acids is 2. The van der Waals surface area contributed by atoms with Crippen LogP contribution >= 0.6 is 11.6 Å². The minimum atomic E-state index is -0.886. The van der Waals surface area contributed by atoms with Crippen molar-refractivity contribution in [2.24, 2.45) is 0 Å². The fourth-order valence-corrected chi connectivity index (χ4v) is 2.58. The zero-order valence-electron chi connectivity index (χ0n) is 14.4. The number of nitrogens with one attached hydrogen (secondary N) is 1. The highest BCUT2D eigenvalue weighted by molar-refractivity contribution is 6.33. The summed E-state index contributed by atoms with van der Waals surface area (Å²) in [7, 11) is 0. The van der Waals surface area contributed by atoms with Crippen molar-refractivity contribution in [1.82, 2.24) is 5.32 Å². The number of hydrogen-bond donors (Lipinski definition) is 1. The van der Waals surface area contributed by atoms with Gasteiger partial charge in [-0.1, -0.05) is 54.1 Å². The van der Waals surface area contributed by atoms with Crippen molar-refractivity contribution in [2.45, 2.75) is 38.8 Å². The van der Waals surface area contributed by atoms with Crippen molar-refractivity contribution in [3.63, 3.8) is 0 Å². The Morgan fingerprint density at radius 2 is 1.68 bits per heavy atom. The summed E-state index contributed by atoms with van der Waals surface area (Å²) < 4.78 is 5.21. The summed E-state index contributed by atoms with van der Waals surface area (Å²) in [6.45, 7) is 3.48. The summed E-state index contributed by atoms with van der Waals surface area (Å²) in [6.07, 6.45) is 0.791. The van der Waals surface area contributed by atoms with E-state index in [-0.39, 0.29) is 17.5 Å². The number of benzene rings is 2. The maximum atomic E-state index is 12.2. The smallest absolute Gasteiger partial charge is 0.340 e. The Morgan fingerprint density at radius 3 is 2.36 bits per heavy atom. The number of carbonyl (C=O) groups is 2. The van der Waals surface area contributed by atoms with Gasteiger partial charge in [0.2, 0.25) is 0 Å². The highest BCUT2D eigenvalue weighted by Gasteiger charge is 2.21. The first-order valence-corrected chi connectivity index (χ1v) is 8.65. The summed E-state index contributed by atoms with van der Waals surface area (Å²) in [6, 6.07) is 16.7. The van der Waals surface area contributed by atoms with Crippen LogP contribution < -0.4 is 5.32 Å². The third kappa shape index (κ3) is 5.91. The molecule has 0 saturated heterocycles. The van der Waals surface area contributed by atoms with Crippen LogP contribution in [0.1, 0.15) is 36.2 Å². The lowest BCUT2D eigenvalue weighted by molar-refractivity contribution is -0.129. The highest BCUT2D eigenvalue weighted by atomic mass is 35.5. The lowest BCUT2D eigenvalue weighted by Gasteiger charge is -2.18. The second-order valence-electron chi connectivity index (χ2n) is 5.96. The molecule has 0 heterocycles. The fraction of sp³-hybridized carbons (Fsp3) is 0.300. The molecule has 0 radical (unpaired) electrons. The zero-order valence-corrected chi connectivity index (χ0v) is 15.1. The number of amides is 1. The maximum absolute atomic E-state index is 12.2. The summed E-state index contributed by atoms with van der Waals surface area (Å²) in [5, 5.41) is 3.17. The van der Waals surface area contributed by atoms with E-state index in [2.05, 4.69) is 17.4 Å². The van der Waals surface area contributed by atoms with E-state index in [0.29, 0.717) is 5.02 Å². The summed E-state index contributed by atoms with van der Waals surface area (Å²) >= 11 is 5.96. The van der Waals surface area contributed by atoms with E-state index in [4.69, 9.17) is 16.3 Å². The Hall–Kier alpha value is -2.33. The van der Waals surface area contributed by atoms with Gasteiger partial charge in [0.1, 0.15) is 0 Å². The molecule has 0 aliphatic heterocycles. The van der Waals surface area contributed by atoms with Gasteiger partial charge in [0.25, 0.3) is 5.91 Å². The Labute approximate surface area is 153 Å². The molecule has 4 nitrogen and oxygen atoms in total. The van der Waals surface area contributed by atoms with Gasteiger partial charge in [0.05, 0.1) is 10.6 Å². The van der Waals surface area contributed by atoms with Crippen LogP contribution in [0.2, 0.25) is 5.02 Å². The minimum absolute atomic E-state index is 0.0193. The van der Waals surface area contributed by atoms with E-state index in [1.54, 1.807) is 31.2 Å². The number of ether oxygens (including phenoxy) is 1. The molecule has 0 unspecified atom stereocenters. The Kier molecular flexibility index (Phi) is 7.02. The van der Waals surface area contributed by atoms with Crippen LogP contribution in [-0.4, -0.2) is 24.0 Å². The van der Waals surface area contributed by atoms with Gasteiger partial charge in [0.15, 0.2) is 6.10 Å². The molecule has 0 spiro atoms. The second kappa shape index (κ2) is 9.23. The molecule has 0 aliphatic rings. The standard InChI is InChI=1S/C20H22ClNO3/c1-14(12-13-16-8-4-3-5-9-16)22-19(23)15(2)25-20(24)17-10-6-7-11-18(17)21/h3-11,14-15H,12-13H2,1-2H3,(H,22,23)/t14-,15+/m1/s1. The molecular formula is C20H22ClNO3. The molecule has 2 aromatic carbocycles. The molecule has 0 fully saturated rings. The lowest BCUT2D eigenvalue weighted by atomic mass is 10.1. The summed E-state index contributed by atoms with van der Waals surface area (Å²) in [5.74, 6) is -0.925. The number of esters is 1. The van der Waals surface area contributed by atoms with E-state index in [0.717, 1.165) is 12.8 Å². The van der Waals surface area contributed by atoms with Crippen molar-refractivity contribution >= 4 is 23.5 Å². The van der Waals surface area contributed by atoms with Gasteiger partial charge in [-0.15, -0.1) is 0 Å². The van der Waals surface area contributed by atoms with Gasteiger partial charge < -0.3 is 10.1 Å². The van der Waals surface area contributed by atoms with Gasteiger partial charge >= 0.3 is 5.97 Å². The quantitative estimate of drug-likeness (QED) is 0.759. The molecular weight excluding hydrogens is 338 g/mol. The van der Waals surface area contributed by atoms with Crippen LogP contribution in [0.15, 0.2) is 54.6 Å². The van der Waals surface area contributed by atoms with Gasteiger partial charge in [-0.05, 0) is 44.4 Å².